The van der Waals surface area contributed by atoms with Crippen LogP contribution in [0.15, 0.2) is 29.9 Å². The molecule has 0 spiro atoms. The van der Waals surface area contributed by atoms with E-state index in [4.69, 9.17) is 0 Å². The first-order valence-corrected chi connectivity index (χ1v) is 3.52. The predicted octanol–water partition coefficient (Wildman–Crippen LogP) is 1.43. The maximum absolute atomic E-state index is 4.09. The van der Waals surface area contributed by atoms with Gasteiger partial charge in [-0.3, -0.25) is 4.99 Å². The number of hydrogen-bond acceptors (Lipinski definition) is 1. The molecule has 0 aliphatic carbocycles. The van der Waals surface area contributed by atoms with Crippen LogP contribution in [-0.2, 0) is 0 Å². The maximum atomic E-state index is 4.09. The molecule has 1 heterocycles. The van der Waals surface area contributed by atoms with E-state index in [9.17, 15) is 0 Å². The summed E-state index contributed by atoms with van der Waals surface area (Å²) in [5, 5.41) is 0. The smallest absolute Gasteiger partial charge is 0.131 e. The van der Waals surface area contributed by atoms with Gasteiger partial charge in [-0.05, 0) is 24.6 Å². The Morgan fingerprint density at radius 3 is 2.91 bits per heavy atom. The van der Waals surface area contributed by atoms with Crippen molar-refractivity contribution in [3.8, 4) is 0 Å². The molecule has 0 fully saturated rings. The third-order valence-corrected chi connectivity index (χ3v) is 1.55. The zero-order valence-electron chi connectivity index (χ0n) is 6.91. The summed E-state index contributed by atoms with van der Waals surface area (Å²) < 4.78 is 1.88. The fourth-order valence-corrected chi connectivity index (χ4v) is 0.935. The van der Waals surface area contributed by atoms with Gasteiger partial charge in [0.25, 0.3) is 0 Å². The average molecular weight is 148 g/mol. The normalized spacial score (nSPS) is 11.6. The Kier molecular flexibility index (Phi) is 2.26. The van der Waals surface area contributed by atoms with Crippen LogP contribution in [0, 0.1) is 6.92 Å². The van der Waals surface area contributed by atoms with Gasteiger partial charge >= 0.3 is 0 Å². The van der Waals surface area contributed by atoms with Gasteiger partial charge in [0.2, 0.25) is 0 Å². The monoisotopic (exact) mass is 148 g/mol. The molecule has 0 unspecified atom stereocenters. The van der Waals surface area contributed by atoms with Crippen molar-refractivity contribution in [2.75, 3.05) is 7.05 Å². The Hall–Kier alpha value is -1.31. The summed E-state index contributed by atoms with van der Waals surface area (Å²) in [6.45, 7) is 5.72. The number of aromatic nitrogens is 1. The van der Waals surface area contributed by atoms with Gasteiger partial charge in [0.15, 0.2) is 0 Å². The van der Waals surface area contributed by atoms with Crippen LogP contribution in [0.25, 0.3) is 6.20 Å². The molecular weight excluding hydrogens is 136 g/mol. The molecule has 11 heavy (non-hydrogen) atoms. The minimum absolute atomic E-state index is 0.931. The van der Waals surface area contributed by atoms with E-state index in [1.807, 2.05) is 29.8 Å². The van der Waals surface area contributed by atoms with Crippen molar-refractivity contribution in [3.63, 3.8) is 0 Å². The van der Waals surface area contributed by atoms with Crippen molar-refractivity contribution >= 4 is 6.20 Å². The number of pyridine rings is 1. The van der Waals surface area contributed by atoms with E-state index < -0.39 is 0 Å². The van der Waals surface area contributed by atoms with E-state index in [1.54, 1.807) is 13.2 Å². The van der Waals surface area contributed by atoms with Crippen molar-refractivity contribution in [2.45, 2.75) is 6.92 Å². The molecule has 0 aliphatic rings. The van der Waals surface area contributed by atoms with Crippen LogP contribution in [-0.4, -0.2) is 11.6 Å². The lowest BCUT2D eigenvalue weighted by atomic mass is 10.3. The highest BCUT2D eigenvalue weighted by Gasteiger charge is 1.86. The lowest BCUT2D eigenvalue weighted by molar-refractivity contribution is 0.983. The van der Waals surface area contributed by atoms with Gasteiger partial charge in [-0.15, -0.1) is 0 Å². The highest BCUT2D eigenvalue weighted by molar-refractivity contribution is 5.20. The Morgan fingerprint density at radius 1 is 1.64 bits per heavy atom. The minimum Gasteiger partial charge on any atom is -0.310 e. The lowest BCUT2D eigenvalue weighted by Gasteiger charge is -1.99. The van der Waals surface area contributed by atoms with Gasteiger partial charge in [-0.25, -0.2) is 0 Å². The molecule has 0 amide bonds. The van der Waals surface area contributed by atoms with Crippen molar-refractivity contribution in [1.29, 1.82) is 0 Å². The second-order valence-corrected chi connectivity index (χ2v) is 2.38. The fraction of sp³-hybridized carbons (Fsp3) is 0.222. The molecule has 2 nitrogen and oxygen atoms in total. The topological polar surface area (TPSA) is 17.3 Å². The number of rotatable bonds is 1. The second kappa shape index (κ2) is 3.19. The first-order chi connectivity index (χ1) is 5.27. The van der Waals surface area contributed by atoms with Crippen molar-refractivity contribution in [3.05, 3.63) is 36.0 Å². The molecule has 0 saturated heterocycles. The summed E-state index contributed by atoms with van der Waals surface area (Å²) in [7, 11) is 1.77. The molecule has 0 saturated carbocycles. The van der Waals surface area contributed by atoms with Crippen molar-refractivity contribution in [1.82, 2.24) is 4.57 Å². The molecule has 0 aromatic carbocycles. The first-order valence-electron chi connectivity index (χ1n) is 3.52. The number of hydrogen-bond donors (Lipinski definition) is 0. The second-order valence-electron chi connectivity index (χ2n) is 2.38. The Balaban J connectivity index is 3.40. The highest BCUT2D eigenvalue weighted by Crippen LogP contribution is 1.90. The molecule has 2 heteroatoms. The van der Waals surface area contributed by atoms with Gasteiger partial charge in [-0.1, -0.05) is 6.58 Å². The average Bonchev–Trinajstić information content (AvgIpc) is 2.04. The molecule has 0 atom stereocenters. The van der Waals surface area contributed by atoms with E-state index in [0.717, 1.165) is 5.49 Å². The predicted molar refractivity (Wildman–Crippen MR) is 47.0 cm³/mol. The van der Waals surface area contributed by atoms with E-state index in [2.05, 4.69) is 11.6 Å². The molecular formula is C9H12N2. The molecule has 0 aliphatic heterocycles. The van der Waals surface area contributed by atoms with Crippen LogP contribution in [0.1, 0.15) is 5.56 Å². The van der Waals surface area contributed by atoms with Crippen LogP contribution in [0.5, 0.6) is 0 Å². The van der Waals surface area contributed by atoms with Gasteiger partial charge in [-0.2, -0.15) is 0 Å². The number of nitrogens with zero attached hydrogens (tertiary/aromatic N) is 2. The summed E-state index contributed by atoms with van der Waals surface area (Å²) in [6.07, 6.45) is 3.69. The van der Waals surface area contributed by atoms with E-state index in [0.29, 0.717) is 0 Å². The molecule has 1 aromatic rings. The fourth-order valence-electron chi connectivity index (χ4n) is 0.935. The van der Waals surface area contributed by atoms with Crippen molar-refractivity contribution < 1.29 is 0 Å². The summed E-state index contributed by atoms with van der Waals surface area (Å²) in [4.78, 5) is 4.09. The first kappa shape index (κ1) is 7.79. The standard InChI is InChI=1S/C9H12N2/c1-4-11-6-5-8(2)7-9(11)10-3/h4-7H,1H2,2-3H3. The van der Waals surface area contributed by atoms with Crippen LogP contribution in [0.2, 0.25) is 0 Å². The molecule has 1 aromatic heterocycles. The summed E-state index contributed by atoms with van der Waals surface area (Å²) in [5.74, 6) is 0. The van der Waals surface area contributed by atoms with Crippen LogP contribution >= 0.6 is 0 Å². The quantitative estimate of drug-likeness (QED) is 0.573. The Bertz CT molecular complexity index is 321. The summed E-state index contributed by atoms with van der Waals surface area (Å²) in [5.41, 5.74) is 2.14. The van der Waals surface area contributed by atoms with Gasteiger partial charge in [0.1, 0.15) is 5.49 Å². The maximum Gasteiger partial charge on any atom is 0.131 e. The minimum atomic E-state index is 0.931. The van der Waals surface area contributed by atoms with Gasteiger partial charge < -0.3 is 4.57 Å². The van der Waals surface area contributed by atoms with E-state index in [-0.39, 0.29) is 0 Å². The lowest BCUT2D eigenvalue weighted by Crippen LogP contribution is -2.15. The highest BCUT2D eigenvalue weighted by atomic mass is 15.0. The molecule has 0 bridgehead atoms. The molecule has 0 N–H and O–H groups in total. The van der Waals surface area contributed by atoms with E-state index in [1.165, 1.54) is 5.56 Å². The number of aryl methyl sites for hydroxylation is 1. The van der Waals surface area contributed by atoms with Crippen LogP contribution in [0.4, 0.5) is 0 Å². The zero-order valence-corrected chi connectivity index (χ0v) is 6.91. The van der Waals surface area contributed by atoms with Gasteiger partial charge in [0.05, 0.1) is 0 Å². The van der Waals surface area contributed by atoms with Crippen LogP contribution < -0.4 is 5.49 Å². The Labute approximate surface area is 66.5 Å². The summed E-state index contributed by atoms with van der Waals surface area (Å²) in [6, 6.07) is 4.04. The molecule has 58 valence electrons. The largest absolute Gasteiger partial charge is 0.310 e. The zero-order chi connectivity index (χ0) is 8.27. The molecule has 0 radical (unpaired) electrons. The molecule has 1 rings (SSSR count). The third kappa shape index (κ3) is 1.58. The third-order valence-electron chi connectivity index (χ3n) is 1.55. The summed E-state index contributed by atoms with van der Waals surface area (Å²) >= 11 is 0. The van der Waals surface area contributed by atoms with Crippen molar-refractivity contribution in [2.24, 2.45) is 4.99 Å². The van der Waals surface area contributed by atoms with Crippen LogP contribution in [0.3, 0.4) is 0 Å². The van der Waals surface area contributed by atoms with E-state index >= 15 is 0 Å². The van der Waals surface area contributed by atoms with Gasteiger partial charge in [0, 0.05) is 19.4 Å². The Morgan fingerprint density at radius 2 is 2.36 bits per heavy atom. The SMILES string of the molecule is C=Cn1ccc(C)cc1=NC.